The topological polar surface area (TPSA) is 189 Å². The first-order valence-electron chi connectivity index (χ1n) is 15.7. The maximum absolute atomic E-state index is 11.7. The molecule has 0 radical (unpaired) electrons. The van der Waals surface area contributed by atoms with Crippen molar-refractivity contribution >= 4 is 61.5 Å². The molecule has 45 heavy (non-hydrogen) atoms. The molecule has 0 bridgehead atoms. The summed E-state index contributed by atoms with van der Waals surface area (Å²) < 4.78 is 0. The van der Waals surface area contributed by atoms with Crippen LogP contribution in [0.3, 0.4) is 0 Å². The third-order valence-corrected chi connectivity index (χ3v) is 6.80. The second-order valence-corrected chi connectivity index (χ2v) is 11.1. The number of nitrogens with zero attached hydrogens (tertiary/aromatic N) is 3. The molecule has 0 spiro atoms. The van der Waals surface area contributed by atoms with Crippen molar-refractivity contribution in [1.29, 1.82) is 0 Å². The number of aliphatic imine (C=N–C) groups is 1. The number of aliphatic hydroxyl groups excluding tert-OH is 2. The van der Waals surface area contributed by atoms with Crippen molar-refractivity contribution in [3.05, 3.63) is 25.3 Å². The number of carbonyl (C=O) groups excluding carboxylic acids is 2. The van der Waals surface area contributed by atoms with Crippen molar-refractivity contribution in [2.75, 3.05) is 39.3 Å². The van der Waals surface area contributed by atoms with E-state index in [2.05, 4.69) is 23.5 Å². The number of carboxylic acid groups (broad SMARTS) is 2. The number of unbranched alkanes of at least 4 members (excludes halogenated alkanes) is 6. The summed E-state index contributed by atoms with van der Waals surface area (Å²) in [6.45, 7) is 15.4. The zero-order valence-electron chi connectivity index (χ0n) is 28.1. The fourth-order valence-corrected chi connectivity index (χ4v) is 4.17. The second kappa shape index (κ2) is 31.1. The summed E-state index contributed by atoms with van der Waals surface area (Å²) in [5.41, 5.74) is 0. The number of allylic oxidation sites excluding steroid dienone is 2. The van der Waals surface area contributed by atoms with Crippen LogP contribution in [0.15, 0.2) is 30.3 Å². The smallest absolute Gasteiger partial charge is 0.862 e. The molecule has 0 rings (SSSR count). The Morgan fingerprint density at radius 1 is 0.800 bits per heavy atom. The van der Waals surface area contributed by atoms with Crippen LogP contribution in [0.2, 0.25) is 0 Å². The van der Waals surface area contributed by atoms with Gasteiger partial charge in [-0.3, -0.25) is 19.4 Å². The molecule has 12 nitrogen and oxygen atoms in total. The van der Waals surface area contributed by atoms with Gasteiger partial charge in [-0.05, 0) is 78.5 Å². The normalized spacial score (nSPS) is 13.9. The molecule has 0 aliphatic heterocycles. The van der Waals surface area contributed by atoms with E-state index in [1.54, 1.807) is 30.6 Å². The molecule has 256 valence electrons. The third-order valence-electron chi connectivity index (χ3n) is 6.80. The van der Waals surface area contributed by atoms with E-state index in [4.69, 9.17) is 5.11 Å². The molecule has 1 amide bonds. The summed E-state index contributed by atoms with van der Waals surface area (Å²) in [5, 5.41) is 53.2. The van der Waals surface area contributed by atoms with E-state index in [0.717, 1.165) is 51.4 Å². The largest absolute Gasteiger partial charge is 2.00 e. The number of aliphatic hydroxyl groups is 2. The molecule has 4 unspecified atom stereocenters. The number of hydrogen-bond donors (Lipinski definition) is 4. The molecule has 0 aliphatic carbocycles. The van der Waals surface area contributed by atoms with Crippen molar-refractivity contribution in [2.45, 2.75) is 116 Å². The minimum atomic E-state index is -1.20. The molecular weight excluding hydrogens is 608 g/mol. The van der Waals surface area contributed by atoms with E-state index in [1.165, 1.54) is 6.92 Å². The fraction of sp³-hybridized carbons (Fsp3) is 0.750. The van der Waals surface area contributed by atoms with Crippen molar-refractivity contribution < 1.29 is 39.9 Å². The van der Waals surface area contributed by atoms with Gasteiger partial charge in [0.2, 0.25) is 5.91 Å². The van der Waals surface area contributed by atoms with Gasteiger partial charge in [0.15, 0.2) is 0 Å². The summed E-state index contributed by atoms with van der Waals surface area (Å²) in [4.78, 5) is 40.7. The maximum Gasteiger partial charge on any atom is 2.00 e. The van der Waals surface area contributed by atoms with Gasteiger partial charge in [0.25, 0.3) is 0 Å². The number of hydrogen-bond acceptors (Lipinski definition) is 10. The molecule has 0 saturated carbocycles. The Labute approximate surface area is 300 Å². The Hall–Kier alpha value is -1.54. The van der Waals surface area contributed by atoms with Crippen LogP contribution in [0.25, 0.3) is 0 Å². The molecule has 0 aliphatic rings. The zero-order chi connectivity index (χ0) is 33.9. The van der Waals surface area contributed by atoms with Crippen LogP contribution < -0.4 is 15.5 Å². The Balaban J connectivity index is -0.000000767. The van der Waals surface area contributed by atoms with Gasteiger partial charge in [0.05, 0.1) is 24.7 Å². The van der Waals surface area contributed by atoms with Gasteiger partial charge in [0.1, 0.15) is 6.04 Å². The van der Waals surface area contributed by atoms with Gasteiger partial charge in [-0.25, -0.2) is 0 Å². The van der Waals surface area contributed by atoms with E-state index in [1.807, 2.05) is 12.2 Å². The minimum Gasteiger partial charge on any atom is -0.862 e. The van der Waals surface area contributed by atoms with Crippen LogP contribution in [0.5, 0.6) is 0 Å². The molecule has 0 saturated heterocycles. The zero-order valence-corrected chi connectivity index (χ0v) is 30.3. The predicted molar refractivity (Wildman–Crippen MR) is 176 cm³/mol. The van der Waals surface area contributed by atoms with Crippen LogP contribution in [0.4, 0.5) is 0 Å². The average molecular weight is 667 g/mol. The molecule has 0 aromatic carbocycles. The van der Waals surface area contributed by atoms with Crippen LogP contribution in [-0.2, 0) is 14.4 Å². The van der Waals surface area contributed by atoms with E-state index in [9.17, 15) is 34.8 Å². The number of amides is 1. The van der Waals surface area contributed by atoms with Crippen LogP contribution in [-0.4, -0.2) is 150 Å². The molecular formula is C32H58CaN4O8. The number of carbonyl (C=O) groups is 3. The van der Waals surface area contributed by atoms with Gasteiger partial charge in [-0.15, -0.1) is 13.2 Å². The monoisotopic (exact) mass is 666 g/mol. The number of nitrogens with one attached hydrogen (secondary N) is 1. The van der Waals surface area contributed by atoms with Gasteiger partial charge < -0.3 is 40.6 Å². The first-order chi connectivity index (χ1) is 20.8. The molecule has 0 aromatic rings. The van der Waals surface area contributed by atoms with E-state index in [0.29, 0.717) is 32.5 Å². The maximum atomic E-state index is 11.7. The minimum absolute atomic E-state index is 0. The summed E-state index contributed by atoms with van der Waals surface area (Å²) in [7, 11) is 0. The van der Waals surface area contributed by atoms with E-state index in [-0.39, 0.29) is 69.2 Å². The van der Waals surface area contributed by atoms with Crippen LogP contribution >= 0.6 is 0 Å². The van der Waals surface area contributed by atoms with Crippen molar-refractivity contribution in [1.82, 2.24) is 15.1 Å². The molecule has 0 aromatic heterocycles. The van der Waals surface area contributed by atoms with Crippen molar-refractivity contribution in [2.24, 2.45) is 4.99 Å². The van der Waals surface area contributed by atoms with Crippen LogP contribution in [0, 0.1) is 0 Å². The Morgan fingerprint density at radius 2 is 1.29 bits per heavy atom. The summed E-state index contributed by atoms with van der Waals surface area (Å²) in [5.74, 6) is -2.31. The summed E-state index contributed by atoms with van der Waals surface area (Å²) in [6, 6.07) is -1.51. The standard InChI is InChI=1S/2C16H30N2O4.Ca/c2*1-4-5-6-7-8-9-15(20)17-10-11-18(12-13(2)19)14(3)16(21)22;/h2*4,13-14,19H,1,5-12H2,2-3H3,(H,17,20)(H,21,22);/q;;+2/p-2. The predicted octanol–water partition coefficient (Wildman–Crippen LogP) is 0.717. The Bertz CT molecular complexity index is 842. The first-order valence-corrected chi connectivity index (χ1v) is 15.7. The molecule has 4 N–H and O–H groups in total. The number of aliphatic carboxylic acids is 2. The molecule has 13 heteroatoms. The van der Waals surface area contributed by atoms with Gasteiger partial charge in [-0.1, -0.05) is 25.0 Å². The van der Waals surface area contributed by atoms with Crippen LogP contribution in [0.1, 0.15) is 91.9 Å². The molecule has 4 atom stereocenters. The Kier molecular flexibility index (Phi) is 33.1. The quantitative estimate of drug-likeness (QED) is 0.0337. The third kappa shape index (κ3) is 29.6. The van der Waals surface area contributed by atoms with E-state index < -0.39 is 36.2 Å². The van der Waals surface area contributed by atoms with Gasteiger partial charge >= 0.3 is 43.7 Å². The summed E-state index contributed by atoms with van der Waals surface area (Å²) in [6.07, 6.45) is 11.0. The molecule has 0 heterocycles. The fourth-order valence-electron chi connectivity index (χ4n) is 4.17. The SMILES string of the molecule is C=CCCCCCC(=O)NCCN(CC(C)O)C(C)C(=O)O.C=CCCCCCC([O-])=NCCN(CC(C)O)C(C)C(=O)[O-].[Ca+2]. The number of carboxylic acids is 2. The van der Waals surface area contributed by atoms with Crippen molar-refractivity contribution in [3.63, 3.8) is 0 Å². The number of rotatable bonds is 26. The van der Waals surface area contributed by atoms with Gasteiger partial charge in [0, 0.05) is 45.2 Å². The second-order valence-electron chi connectivity index (χ2n) is 11.1. The average Bonchev–Trinajstić information content (AvgIpc) is 2.94. The first kappa shape index (κ1) is 47.9. The van der Waals surface area contributed by atoms with Crippen molar-refractivity contribution in [3.8, 4) is 0 Å². The van der Waals surface area contributed by atoms with Gasteiger partial charge in [-0.2, -0.15) is 0 Å². The van der Waals surface area contributed by atoms with E-state index >= 15 is 0 Å². The summed E-state index contributed by atoms with van der Waals surface area (Å²) >= 11 is 0. The Morgan fingerprint density at radius 3 is 1.73 bits per heavy atom. The molecule has 0 fully saturated rings.